The largest absolute Gasteiger partial charge is 0.356 e. The maximum atomic E-state index is 12.8. The van der Waals surface area contributed by atoms with Gasteiger partial charge in [-0.25, -0.2) is 5.48 Å². The van der Waals surface area contributed by atoms with E-state index in [9.17, 15) is 14.8 Å². The minimum Gasteiger partial charge on any atom is -0.356 e. The van der Waals surface area contributed by atoms with Gasteiger partial charge in [0.25, 0.3) is 0 Å². The van der Waals surface area contributed by atoms with Crippen molar-refractivity contribution in [1.29, 1.82) is 0 Å². The molecule has 1 aromatic rings. The average molecular weight is 419 g/mol. The number of hydroxylamine groups is 1. The molecule has 7 heteroatoms. The van der Waals surface area contributed by atoms with Crippen molar-refractivity contribution in [2.24, 2.45) is 11.8 Å². The van der Waals surface area contributed by atoms with Crippen LogP contribution >= 0.6 is 0 Å². The highest BCUT2D eigenvalue weighted by molar-refractivity contribution is 5.93. The third-order valence-electron chi connectivity index (χ3n) is 5.36. The first-order chi connectivity index (χ1) is 14.5. The molecule has 0 saturated carbocycles. The fourth-order valence-electron chi connectivity index (χ4n) is 3.57. The smallest absolute Gasteiger partial charge is 0.247 e. The van der Waals surface area contributed by atoms with E-state index in [-0.39, 0.29) is 25.3 Å². The molecule has 30 heavy (non-hydrogen) atoms. The van der Waals surface area contributed by atoms with Crippen molar-refractivity contribution in [3.05, 3.63) is 47.5 Å². The molecule has 3 unspecified atom stereocenters. The van der Waals surface area contributed by atoms with E-state index < -0.39 is 11.8 Å². The Morgan fingerprint density at radius 3 is 2.63 bits per heavy atom. The first-order valence-corrected chi connectivity index (χ1v) is 10.7. The lowest BCUT2D eigenvalue weighted by molar-refractivity contribution is -0.134. The van der Waals surface area contributed by atoms with E-state index in [0.717, 1.165) is 30.4 Å². The fraction of sp³-hybridized carbons (Fsp3) is 0.565. The average Bonchev–Trinajstić information content (AvgIpc) is 2.76. The van der Waals surface area contributed by atoms with Gasteiger partial charge in [-0.05, 0) is 50.5 Å². The Balaban J connectivity index is 2.06. The second-order valence-electron chi connectivity index (χ2n) is 7.86. The Bertz CT molecular complexity index is 692. The van der Waals surface area contributed by atoms with Crippen LogP contribution in [-0.2, 0) is 25.5 Å². The summed E-state index contributed by atoms with van der Waals surface area (Å²) in [5.74, 6) is -0.516. The van der Waals surface area contributed by atoms with Gasteiger partial charge in [0.05, 0.1) is 12.6 Å². The highest BCUT2D eigenvalue weighted by Gasteiger charge is 2.26. The van der Waals surface area contributed by atoms with E-state index in [1.165, 1.54) is 0 Å². The quantitative estimate of drug-likeness (QED) is 0.210. The number of nitrogens with one attached hydrogen (secondary N) is 2. The van der Waals surface area contributed by atoms with E-state index in [1.807, 2.05) is 43.3 Å². The lowest BCUT2D eigenvalue weighted by atomic mass is 9.90. The van der Waals surface area contributed by atoms with Gasteiger partial charge in [0, 0.05) is 18.1 Å². The molecular formula is C23H34N2O5. The molecule has 0 fully saturated rings. The summed E-state index contributed by atoms with van der Waals surface area (Å²) in [6.45, 7) is 4.93. The number of hydrogen-bond donors (Lipinski definition) is 3. The highest BCUT2D eigenvalue weighted by atomic mass is 16.7. The molecule has 1 aliphatic carbocycles. The van der Waals surface area contributed by atoms with Crippen LogP contribution < -0.4 is 10.8 Å². The third kappa shape index (κ3) is 8.26. The molecule has 0 spiro atoms. The monoisotopic (exact) mass is 418 g/mol. The zero-order valence-corrected chi connectivity index (χ0v) is 17.9. The van der Waals surface area contributed by atoms with Gasteiger partial charge in [-0.1, -0.05) is 43.3 Å². The first-order valence-electron chi connectivity index (χ1n) is 10.7. The molecular weight excluding hydrogens is 384 g/mol. The molecule has 2 rings (SSSR count). The van der Waals surface area contributed by atoms with Crippen LogP contribution in [0, 0.1) is 11.8 Å². The van der Waals surface area contributed by atoms with Crippen LogP contribution in [0.3, 0.4) is 0 Å². The van der Waals surface area contributed by atoms with Gasteiger partial charge in [-0.2, -0.15) is 0 Å². The van der Waals surface area contributed by atoms with E-state index in [1.54, 1.807) is 5.48 Å². The van der Waals surface area contributed by atoms with Crippen molar-refractivity contribution in [3.63, 3.8) is 0 Å². The molecule has 0 bridgehead atoms. The molecule has 0 aliphatic heterocycles. The fourth-order valence-corrected chi connectivity index (χ4v) is 3.57. The molecule has 2 amide bonds. The van der Waals surface area contributed by atoms with Gasteiger partial charge < -0.3 is 14.8 Å². The standard InChI is InChI=1S/C23H34N2O5/c1-3-29-16-30-15-21(24-22(26)19-11-9-17(2)10-12-19)14-20(23(27)25-28)13-18-7-5-4-6-8-18/h4-8,11,17,20-21,28H,3,9-10,12-16H2,1-2H3,(H,24,26)(H,25,27). The summed E-state index contributed by atoms with van der Waals surface area (Å²) in [7, 11) is 0. The Morgan fingerprint density at radius 1 is 1.23 bits per heavy atom. The normalized spacial score (nSPS) is 18.2. The minimum absolute atomic E-state index is 0.116. The lowest BCUT2D eigenvalue weighted by Gasteiger charge is -2.25. The topological polar surface area (TPSA) is 96.9 Å². The van der Waals surface area contributed by atoms with Gasteiger partial charge in [-0.3, -0.25) is 14.8 Å². The van der Waals surface area contributed by atoms with E-state index >= 15 is 0 Å². The molecule has 0 heterocycles. The molecule has 7 nitrogen and oxygen atoms in total. The molecule has 1 aromatic carbocycles. The molecule has 3 N–H and O–H groups in total. The molecule has 3 atom stereocenters. The number of benzene rings is 1. The van der Waals surface area contributed by atoms with Crippen LogP contribution in [0.25, 0.3) is 0 Å². The van der Waals surface area contributed by atoms with Gasteiger partial charge in [0.1, 0.15) is 6.79 Å². The van der Waals surface area contributed by atoms with Crippen LogP contribution in [-0.4, -0.2) is 43.1 Å². The summed E-state index contributed by atoms with van der Waals surface area (Å²) >= 11 is 0. The van der Waals surface area contributed by atoms with Crippen molar-refractivity contribution < 1.29 is 24.3 Å². The van der Waals surface area contributed by atoms with Gasteiger partial charge in [0.2, 0.25) is 11.8 Å². The molecule has 0 aromatic heterocycles. The number of amides is 2. The predicted octanol–water partition coefficient (Wildman–Crippen LogP) is 2.98. The molecule has 1 aliphatic rings. The first kappa shape index (κ1) is 24.1. The number of hydrogen-bond acceptors (Lipinski definition) is 5. The van der Waals surface area contributed by atoms with Crippen LogP contribution in [0.4, 0.5) is 0 Å². The zero-order chi connectivity index (χ0) is 21.8. The number of carbonyl (C=O) groups excluding carboxylic acids is 2. The van der Waals surface area contributed by atoms with Crippen LogP contribution in [0.2, 0.25) is 0 Å². The number of ether oxygens (including phenoxy) is 2. The highest BCUT2D eigenvalue weighted by Crippen LogP contribution is 2.23. The van der Waals surface area contributed by atoms with Crippen molar-refractivity contribution in [2.75, 3.05) is 20.0 Å². The molecule has 166 valence electrons. The summed E-state index contributed by atoms with van der Waals surface area (Å²) in [4.78, 5) is 25.1. The third-order valence-corrected chi connectivity index (χ3v) is 5.36. The van der Waals surface area contributed by atoms with Crippen molar-refractivity contribution in [1.82, 2.24) is 10.8 Å². The summed E-state index contributed by atoms with van der Waals surface area (Å²) in [5, 5.41) is 12.2. The summed E-state index contributed by atoms with van der Waals surface area (Å²) < 4.78 is 10.8. The van der Waals surface area contributed by atoms with Crippen molar-refractivity contribution in [3.8, 4) is 0 Å². The Labute approximate surface area is 178 Å². The zero-order valence-electron chi connectivity index (χ0n) is 17.9. The Hall–Kier alpha value is -2.22. The van der Waals surface area contributed by atoms with Crippen LogP contribution in [0.5, 0.6) is 0 Å². The van der Waals surface area contributed by atoms with Gasteiger partial charge in [0.15, 0.2) is 0 Å². The second kappa shape index (κ2) is 13.2. The number of allylic oxidation sites excluding steroid dienone is 1. The number of carbonyl (C=O) groups is 2. The lowest BCUT2D eigenvalue weighted by Crippen LogP contribution is -2.43. The van der Waals surface area contributed by atoms with E-state index in [4.69, 9.17) is 9.47 Å². The van der Waals surface area contributed by atoms with Crippen LogP contribution in [0.15, 0.2) is 42.0 Å². The van der Waals surface area contributed by atoms with Crippen molar-refractivity contribution >= 4 is 11.8 Å². The predicted molar refractivity (Wildman–Crippen MR) is 114 cm³/mol. The van der Waals surface area contributed by atoms with Crippen molar-refractivity contribution in [2.45, 2.75) is 52.0 Å². The van der Waals surface area contributed by atoms with E-state index in [0.29, 0.717) is 25.4 Å². The van der Waals surface area contributed by atoms with Gasteiger partial charge in [-0.15, -0.1) is 0 Å². The minimum atomic E-state index is -0.515. The van der Waals surface area contributed by atoms with Gasteiger partial charge >= 0.3 is 0 Å². The maximum Gasteiger partial charge on any atom is 0.247 e. The maximum absolute atomic E-state index is 12.8. The summed E-state index contributed by atoms with van der Waals surface area (Å²) in [5.41, 5.74) is 3.53. The van der Waals surface area contributed by atoms with Crippen LogP contribution in [0.1, 0.15) is 45.1 Å². The molecule has 0 saturated heterocycles. The summed E-state index contributed by atoms with van der Waals surface area (Å²) in [6, 6.07) is 9.21. The number of rotatable bonds is 12. The molecule has 0 radical (unpaired) electrons. The summed E-state index contributed by atoms with van der Waals surface area (Å²) in [6.07, 6.45) is 5.44. The second-order valence-corrected chi connectivity index (χ2v) is 7.86. The van der Waals surface area contributed by atoms with E-state index in [2.05, 4.69) is 12.2 Å². The Kier molecular flexibility index (Phi) is 10.5. The SMILES string of the molecule is CCOCOCC(CC(Cc1ccccc1)C(=O)NO)NC(=O)C1=CCC(C)CC1. The Morgan fingerprint density at radius 2 is 2.00 bits per heavy atom.